The predicted molar refractivity (Wildman–Crippen MR) is 99.1 cm³/mol. The lowest BCUT2D eigenvalue weighted by molar-refractivity contribution is 0.0714. The van der Waals surface area contributed by atoms with Crippen LogP contribution in [0.3, 0.4) is 0 Å². The zero-order valence-electron chi connectivity index (χ0n) is 14.5. The van der Waals surface area contributed by atoms with Crippen molar-refractivity contribution in [3.8, 4) is 0 Å². The molecule has 25 heavy (non-hydrogen) atoms. The fraction of sp³-hybridized carbons (Fsp3) is 0.400. The van der Waals surface area contributed by atoms with Crippen LogP contribution in [0.4, 0.5) is 0 Å². The molecule has 0 bridgehead atoms. The maximum atomic E-state index is 10.0. The molecule has 0 spiro atoms. The van der Waals surface area contributed by atoms with Gasteiger partial charge in [0.25, 0.3) is 0 Å². The van der Waals surface area contributed by atoms with E-state index in [0.29, 0.717) is 6.42 Å². The minimum Gasteiger partial charge on any atom is -0.390 e. The number of aliphatic hydroxyl groups is 1. The zero-order chi connectivity index (χ0) is 17.7. The molecule has 130 valence electrons. The van der Waals surface area contributed by atoms with E-state index in [1.165, 1.54) is 5.56 Å². The first kappa shape index (κ1) is 16.6. The van der Waals surface area contributed by atoms with Gasteiger partial charge in [0, 0.05) is 11.2 Å². The standard InChI is InChI=1S/C20H22ClN3O/c1-19(2,25)10-9-14-4-3-13-24-17(14)22-23-18(24)20(11-12-20)15-5-7-16(21)8-6-15/h3-8,13,25H,9-12H2,1-2H3. The Balaban J connectivity index is 1.73. The summed E-state index contributed by atoms with van der Waals surface area (Å²) in [5.41, 5.74) is 2.51. The molecule has 1 aliphatic carbocycles. The van der Waals surface area contributed by atoms with E-state index >= 15 is 0 Å². The number of benzene rings is 1. The predicted octanol–water partition coefficient (Wildman–Crippen LogP) is 4.17. The fourth-order valence-corrected chi connectivity index (χ4v) is 3.59. The molecule has 2 aromatic heterocycles. The Hall–Kier alpha value is -1.91. The van der Waals surface area contributed by atoms with Crippen LogP contribution in [0, 0.1) is 0 Å². The molecule has 2 heterocycles. The van der Waals surface area contributed by atoms with Gasteiger partial charge in [-0.3, -0.25) is 4.40 Å². The van der Waals surface area contributed by atoms with Gasteiger partial charge in [-0.25, -0.2) is 0 Å². The first-order valence-corrected chi connectivity index (χ1v) is 9.08. The van der Waals surface area contributed by atoms with Crippen LogP contribution in [-0.4, -0.2) is 25.3 Å². The molecule has 1 saturated carbocycles. The molecule has 0 atom stereocenters. The van der Waals surface area contributed by atoms with Gasteiger partial charge in [-0.15, -0.1) is 10.2 Å². The third kappa shape index (κ3) is 3.05. The lowest BCUT2D eigenvalue weighted by atomic mass is 9.95. The average molecular weight is 356 g/mol. The summed E-state index contributed by atoms with van der Waals surface area (Å²) < 4.78 is 2.11. The van der Waals surface area contributed by atoms with Crippen molar-refractivity contribution in [2.24, 2.45) is 0 Å². The highest BCUT2D eigenvalue weighted by atomic mass is 35.5. The Kier molecular flexibility index (Phi) is 3.85. The summed E-state index contributed by atoms with van der Waals surface area (Å²) in [5, 5.41) is 19.8. The summed E-state index contributed by atoms with van der Waals surface area (Å²) in [6, 6.07) is 12.2. The van der Waals surface area contributed by atoms with Gasteiger partial charge in [0.15, 0.2) is 5.65 Å². The number of rotatable bonds is 5. The van der Waals surface area contributed by atoms with E-state index in [0.717, 1.165) is 41.3 Å². The molecule has 3 aromatic rings. The molecule has 1 N–H and O–H groups in total. The third-order valence-electron chi connectivity index (χ3n) is 5.10. The Morgan fingerprint density at radius 3 is 2.52 bits per heavy atom. The van der Waals surface area contributed by atoms with Gasteiger partial charge in [-0.05, 0) is 68.9 Å². The quantitative estimate of drug-likeness (QED) is 0.747. The van der Waals surface area contributed by atoms with Crippen LogP contribution in [-0.2, 0) is 11.8 Å². The maximum Gasteiger partial charge on any atom is 0.164 e. The molecule has 0 saturated heterocycles. The van der Waals surface area contributed by atoms with Crippen molar-refractivity contribution < 1.29 is 5.11 Å². The SMILES string of the molecule is CC(C)(O)CCc1cccn2c(C3(c4ccc(Cl)cc4)CC3)nnc12. The number of halogens is 1. The van der Waals surface area contributed by atoms with Crippen LogP contribution in [0.5, 0.6) is 0 Å². The summed E-state index contributed by atoms with van der Waals surface area (Å²) in [4.78, 5) is 0. The van der Waals surface area contributed by atoms with Crippen LogP contribution in [0.15, 0.2) is 42.6 Å². The Bertz CT molecular complexity index is 905. The van der Waals surface area contributed by atoms with Gasteiger partial charge in [0.1, 0.15) is 5.82 Å². The van der Waals surface area contributed by atoms with Crippen LogP contribution in [0.1, 0.15) is 50.1 Å². The average Bonchev–Trinajstić information content (AvgIpc) is 3.25. The number of pyridine rings is 1. The van der Waals surface area contributed by atoms with Crippen molar-refractivity contribution in [1.82, 2.24) is 14.6 Å². The number of aromatic nitrogens is 3. The van der Waals surface area contributed by atoms with Gasteiger partial charge in [0.05, 0.1) is 11.0 Å². The molecular weight excluding hydrogens is 334 g/mol. The van der Waals surface area contributed by atoms with E-state index in [1.807, 2.05) is 38.2 Å². The molecular formula is C20H22ClN3O. The number of fused-ring (bicyclic) bond motifs is 1. The molecule has 1 aliphatic rings. The first-order chi connectivity index (χ1) is 11.9. The highest BCUT2D eigenvalue weighted by molar-refractivity contribution is 6.30. The van der Waals surface area contributed by atoms with Crippen molar-refractivity contribution in [3.05, 3.63) is 64.6 Å². The Morgan fingerprint density at radius 1 is 1.16 bits per heavy atom. The monoisotopic (exact) mass is 355 g/mol. The van der Waals surface area contributed by atoms with E-state index < -0.39 is 5.60 Å². The van der Waals surface area contributed by atoms with Crippen molar-refractivity contribution >= 4 is 17.2 Å². The maximum absolute atomic E-state index is 10.0. The van der Waals surface area contributed by atoms with E-state index in [4.69, 9.17) is 11.6 Å². The first-order valence-electron chi connectivity index (χ1n) is 8.71. The van der Waals surface area contributed by atoms with Crippen molar-refractivity contribution in [2.75, 3.05) is 0 Å². The second kappa shape index (κ2) is 5.82. The molecule has 0 radical (unpaired) electrons. The molecule has 5 heteroatoms. The topological polar surface area (TPSA) is 50.4 Å². The van der Waals surface area contributed by atoms with Crippen LogP contribution in [0.2, 0.25) is 5.02 Å². The normalized spacial score (nSPS) is 16.3. The molecule has 1 aromatic carbocycles. The Labute approximate surface area is 152 Å². The van der Waals surface area contributed by atoms with Crippen molar-refractivity contribution in [2.45, 2.75) is 50.5 Å². The second-order valence-electron chi connectivity index (χ2n) is 7.65. The van der Waals surface area contributed by atoms with E-state index in [1.54, 1.807) is 0 Å². The number of hydrogen-bond donors (Lipinski definition) is 1. The van der Waals surface area contributed by atoms with Gasteiger partial charge in [0.2, 0.25) is 0 Å². The summed E-state index contributed by atoms with van der Waals surface area (Å²) in [6.07, 6.45) is 5.65. The van der Waals surface area contributed by atoms with Crippen LogP contribution >= 0.6 is 11.6 Å². The minimum atomic E-state index is -0.684. The Morgan fingerprint density at radius 2 is 1.88 bits per heavy atom. The van der Waals surface area contributed by atoms with Crippen molar-refractivity contribution in [3.63, 3.8) is 0 Å². The third-order valence-corrected chi connectivity index (χ3v) is 5.35. The lowest BCUT2D eigenvalue weighted by Gasteiger charge is -2.17. The van der Waals surface area contributed by atoms with Crippen LogP contribution < -0.4 is 0 Å². The van der Waals surface area contributed by atoms with Gasteiger partial charge < -0.3 is 5.11 Å². The van der Waals surface area contributed by atoms with Gasteiger partial charge in [-0.2, -0.15) is 0 Å². The zero-order valence-corrected chi connectivity index (χ0v) is 15.3. The molecule has 4 rings (SSSR count). The van der Waals surface area contributed by atoms with Crippen molar-refractivity contribution in [1.29, 1.82) is 0 Å². The highest BCUT2D eigenvalue weighted by Crippen LogP contribution is 2.52. The fourth-order valence-electron chi connectivity index (χ4n) is 3.47. The molecule has 0 amide bonds. The lowest BCUT2D eigenvalue weighted by Crippen LogP contribution is -2.19. The van der Waals surface area contributed by atoms with E-state index in [2.05, 4.69) is 32.8 Å². The van der Waals surface area contributed by atoms with Gasteiger partial charge in [-0.1, -0.05) is 29.8 Å². The summed E-state index contributed by atoms with van der Waals surface area (Å²) in [6.45, 7) is 3.67. The largest absolute Gasteiger partial charge is 0.390 e. The molecule has 4 nitrogen and oxygen atoms in total. The van der Waals surface area contributed by atoms with E-state index in [-0.39, 0.29) is 5.41 Å². The molecule has 1 fully saturated rings. The molecule has 0 unspecified atom stereocenters. The highest BCUT2D eigenvalue weighted by Gasteiger charge is 2.49. The summed E-state index contributed by atoms with van der Waals surface area (Å²) >= 11 is 6.04. The second-order valence-corrected chi connectivity index (χ2v) is 8.09. The summed E-state index contributed by atoms with van der Waals surface area (Å²) in [5.74, 6) is 0.995. The number of nitrogens with zero attached hydrogens (tertiary/aromatic N) is 3. The smallest absolute Gasteiger partial charge is 0.164 e. The molecule has 0 aliphatic heterocycles. The number of hydrogen-bond acceptors (Lipinski definition) is 3. The van der Waals surface area contributed by atoms with E-state index in [9.17, 15) is 5.11 Å². The van der Waals surface area contributed by atoms with Gasteiger partial charge >= 0.3 is 0 Å². The minimum absolute atomic E-state index is 0.0567. The summed E-state index contributed by atoms with van der Waals surface area (Å²) in [7, 11) is 0. The number of aryl methyl sites for hydroxylation is 1. The van der Waals surface area contributed by atoms with Crippen LogP contribution in [0.25, 0.3) is 5.65 Å².